The Morgan fingerprint density at radius 1 is 1.33 bits per heavy atom. The quantitative estimate of drug-likeness (QED) is 0.395. The van der Waals surface area contributed by atoms with Crippen molar-refractivity contribution in [3.8, 4) is 5.88 Å². The highest BCUT2D eigenvalue weighted by molar-refractivity contribution is 6.31. The number of nitro benzene ring substituents is 1. The Morgan fingerprint density at radius 2 is 2.04 bits per heavy atom. The van der Waals surface area contributed by atoms with E-state index >= 15 is 0 Å². The number of para-hydroxylation sites is 2. The number of hydrogen-bond donors (Lipinski definition) is 1. The summed E-state index contributed by atoms with van der Waals surface area (Å²) in [6, 6.07) is 7.06. The summed E-state index contributed by atoms with van der Waals surface area (Å²) in [4.78, 5) is 13.9. The third-order valence-electron chi connectivity index (χ3n) is 3.38. The lowest BCUT2D eigenvalue weighted by Gasteiger charge is -2.17. The molecule has 7 nitrogen and oxygen atoms in total. The van der Waals surface area contributed by atoms with E-state index in [0.717, 1.165) is 12.3 Å². The van der Waals surface area contributed by atoms with Gasteiger partial charge in [0.15, 0.2) is 6.79 Å². The normalized spacial score (nSPS) is 12.5. The van der Waals surface area contributed by atoms with Crippen molar-refractivity contribution in [2.24, 2.45) is 0 Å². The number of nitrogens with zero attached hydrogens (tertiary/aromatic N) is 2. The Kier molecular flexibility index (Phi) is 6.81. The van der Waals surface area contributed by atoms with Crippen molar-refractivity contribution in [2.75, 3.05) is 18.7 Å². The van der Waals surface area contributed by atoms with Gasteiger partial charge in [-0.25, -0.2) is 4.98 Å². The highest BCUT2D eigenvalue weighted by atomic mass is 35.5. The summed E-state index contributed by atoms with van der Waals surface area (Å²) in [5.41, 5.74) is -0.977. The molecule has 27 heavy (non-hydrogen) atoms. The van der Waals surface area contributed by atoms with E-state index in [1.165, 1.54) is 18.2 Å². The maximum atomic E-state index is 13.0. The van der Waals surface area contributed by atoms with Gasteiger partial charge in [0.05, 0.1) is 16.0 Å². The van der Waals surface area contributed by atoms with Crippen LogP contribution in [0.15, 0.2) is 36.5 Å². The standard InChI is InChI=1S/C16H15ClF3N3O4/c1-10(8-22-12-4-2-3-5-13(12)23(24)25)26-9-27-15-14(16(18,19)20)11(17)6-7-21-15/h2-7,10,22H,8-9H2,1H3. The lowest BCUT2D eigenvalue weighted by molar-refractivity contribution is -0.384. The fourth-order valence-corrected chi connectivity index (χ4v) is 2.33. The van der Waals surface area contributed by atoms with Crippen LogP contribution in [-0.2, 0) is 10.9 Å². The summed E-state index contributed by atoms with van der Waals surface area (Å²) in [6.45, 7) is 1.29. The van der Waals surface area contributed by atoms with E-state index in [0.29, 0.717) is 5.69 Å². The van der Waals surface area contributed by atoms with Gasteiger partial charge in [0.1, 0.15) is 11.3 Å². The number of hydrogen-bond acceptors (Lipinski definition) is 6. The molecule has 2 aromatic rings. The Morgan fingerprint density at radius 3 is 2.70 bits per heavy atom. The molecule has 0 aliphatic carbocycles. The monoisotopic (exact) mass is 405 g/mol. The van der Waals surface area contributed by atoms with Gasteiger partial charge < -0.3 is 14.8 Å². The molecule has 1 N–H and O–H groups in total. The van der Waals surface area contributed by atoms with Crippen LogP contribution in [0.3, 0.4) is 0 Å². The molecule has 146 valence electrons. The van der Waals surface area contributed by atoms with Crippen LogP contribution in [0.2, 0.25) is 5.02 Å². The first-order valence-corrected chi connectivity index (χ1v) is 8.01. The fourth-order valence-electron chi connectivity index (χ4n) is 2.09. The van der Waals surface area contributed by atoms with E-state index in [2.05, 4.69) is 10.3 Å². The second kappa shape index (κ2) is 8.87. The van der Waals surface area contributed by atoms with Crippen LogP contribution in [0, 0.1) is 10.1 Å². The van der Waals surface area contributed by atoms with Gasteiger partial charge in [-0.05, 0) is 19.1 Å². The number of ether oxygens (including phenoxy) is 2. The molecule has 2 rings (SSSR count). The zero-order valence-electron chi connectivity index (χ0n) is 14.0. The van der Waals surface area contributed by atoms with E-state index in [1.807, 2.05) is 0 Å². The molecule has 11 heteroatoms. The minimum atomic E-state index is -4.72. The van der Waals surface area contributed by atoms with Crippen molar-refractivity contribution >= 4 is 23.0 Å². The summed E-state index contributed by atoms with van der Waals surface area (Å²) >= 11 is 5.57. The lowest BCUT2D eigenvalue weighted by Crippen LogP contribution is -2.23. The van der Waals surface area contributed by atoms with Crippen LogP contribution in [-0.4, -0.2) is 29.3 Å². The molecule has 0 saturated carbocycles. The topological polar surface area (TPSA) is 86.5 Å². The van der Waals surface area contributed by atoms with Gasteiger partial charge in [-0.2, -0.15) is 13.2 Å². The summed E-state index contributed by atoms with van der Waals surface area (Å²) in [7, 11) is 0. The number of aromatic nitrogens is 1. The molecular weight excluding hydrogens is 391 g/mol. The van der Waals surface area contributed by atoms with Crippen molar-refractivity contribution in [1.29, 1.82) is 0 Å². The number of benzene rings is 1. The highest BCUT2D eigenvalue weighted by Gasteiger charge is 2.38. The zero-order chi connectivity index (χ0) is 20.0. The number of alkyl halides is 3. The number of nitro groups is 1. The van der Waals surface area contributed by atoms with Crippen LogP contribution in [0.5, 0.6) is 5.88 Å². The first-order valence-electron chi connectivity index (χ1n) is 7.63. The van der Waals surface area contributed by atoms with Gasteiger partial charge in [-0.1, -0.05) is 23.7 Å². The molecule has 1 aromatic carbocycles. The second-order valence-corrected chi connectivity index (χ2v) is 5.77. The van der Waals surface area contributed by atoms with Gasteiger partial charge in [0.25, 0.3) is 5.69 Å². The SMILES string of the molecule is CC(CNc1ccccc1[N+](=O)[O-])OCOc1nccc(Cl)c1C(F)(F)F. The predicted molar refractivity (Wildman–Crippen MR) is 91.9 cm³/mol. The summed E-state index contributed by atoms with van der Waals surface area (Å²) in [5.74, 6) is -0.686. The Balaban J connectivity index is 1.90. The van der Waals surface area contributed by atoms with Gasteiger partial charge in [0.2, 0.25) is 5.88 Å². The molecule has 0 amide bonds. The van der Waals surface area contributed by atoms with E-state index in [-0.39, 0.29) is 12.2 Å². The van der Waals surface area contributed by atoms with Crippen molar-refractivity contribution in [3.05, 3.63) is 57.2 Å². The maximum Gasteiger partial charge on any atom is 0.423 e. The molecule has 1 aromatic heterocycles. The van der Waals surface area contributed by atoms with Crippen molar-refractivity contribution in [1.82, 2.24) is 4.98 Å². The van der Waals surface area contributed by atoms with Gasteiger partial charge in [-0.15, -0.1) is 0 Å². The Hall–Kier alpha value is -2.59. The van der Waals surface area contributed by atoms with Crippen molar-refractivity contribution in [3.63, 3.8) is 0 Å². The molecule has 0 aliphatic heterocycles. The summed E-state index contributed by atoms with van der Waals surface area (Å²) in [5, 5.41) is 13.3. The third-order valence-corrected chi connectivity index (χ3v) is 3.69. The molecule has 0 spiro atoms. The first kappa shape index (κ1) is 20.7. The van der Waals surface area contributed by atoms with Crippen LogP contribution in [0.1, 0.15) is 12.5 Å². The summed E-state index contributed by atoms with van der Waals surface area (Å²) in [6.07, 6.45) is -4.15. The van der Waals surface area contributed by atoms with Gasteiger partial charge in [0, 0.05) is 18.8 Å². The number of rotatable bonds is 8. The van der Waals surface area contributed by atoms with Gasteiger partial charge in [-0.3, -0.25) is 10.1 Å². The first-order chi connectivity index (χ1) is 12.7. The average molecular weight is 406 g/mol. The molecule has 0 aliphatic rings. The molecule has 0 fully saturated rings. The van der Waals surface area contributed by atoms with Crippen molar-refractivity contribution in [2.45, 2.75) is 19.2 Å². The van der Waals surface area contributed by atoms with E-state index in [1.54, 1.807) is 13.0 Å². The number of nitrogens with one attached hydrogen (secondary N) is 1. The summed E-state index contributed by atoms with van der Waals surface area (Å²) < 4.78 is 49.2. The number of halogens is 4. The molecule has 1 unspecified atom stereocenters. The molecule has 0 saturated heterocycles. The largest absolute Gasteiger partial charge is 0.450 e. The fraction of sp³-hybridized carbons (Fsp3) is 0.312. The number of anilines is 1. The van der Waals surface area contributed by atoms with Crippen LogP contribution in [0.4, 0.5) is 24.5 Å². The minimum Gasteiger partial charge on any atom is -0.450 e. The molecule has 1 atom stereocenters. The lowest BCUT2D eigenvalue weighted by atomic mass is 10.2. The molecular formula is C16H15ClF3N3O4. The smallest absolute Gasteiger partial charge is 0.423 e. The predicted octanol–water partition coefficient (Wildman–Crippen LogP) is 4.52. The second-order valence-electron chi connectivity index (χ2n) is 5.37. The molecule has 0 radical (unpaired) electrons. The van der Waals surface area contributed by atoms with E-state index < -0.39 is 40.5 Å². The zero-order valence-corrected chi connectivity index (χ0v) is 14.8. The van der Waals surface area contributed by atoms with E-state index in [4.69, 9.17) is 21.1 Å². The molecule has 1 heterocycles. The maximum absolute atomic E-state index is 13.0. The van der Waals surface area contributed by atoms with Crippen LogP contribution in [0.25, 0.3) is 0 Å². The Bertz CT molecular complexity index is 805. The third kappa shape index (κ3) is 5.69. The Labute approximate surface area is 157 Å². The van der Waals surface area contributed by atoms with Gasteiger partial charge >= 0.3 is 6.18 Å². The molecule has 0 bridgehead atoms. The van der Waals surface area contributed by atoms with Crippen molar-refractivity contribution < 1.29 is 27.6 Å². The minimum absolute atomic E-state index is 0.0982. The number of pyridine rings is 1. The van der Waals surface area contributed by atoms with Crippen LogP contribution < -0.4 is 10.1 Å². The van der Waals surface area contributed by atoms with Crippen LogP contribution >= 0.6 is 11.6 Å². The average Bonchev–Trinajstić information content (AvgIpc) is 2.59. The highest BCUT2D eigenvalue weighted by Crippen LogP contribution is 2.39. The van der Waals surface area contributed by atoms with E-state index in [9.17, 15) is 23.3 Å².